The van der Waals surface area contributed by atoms with Crippen molar-refractivity contribution >= 4 is 6.29 Å². The number of phenolic OH excluding ortho intramolecular Hbond substituents is 2. The maximum atomic E-state index is 11.2. The average Bonchev–Trinajstić information content (AvgIpc) is 2.57. The fourth-order valence-corrected chi connectivity index (χ4v) is 4.75. The van der Waals surface area contributed by atoms with Gasteiger partial charge in [0, 0.05) is 12.0 Å². The Balaban J connectivity index is 2.05. The molecular weight excluding hydrogens is 340 g/mol. The van der Waals surface area contributed by atoms with E-state index in [0.717, 1.165) is 6.42 Å². The number of benzene rings is 1. The molecule has 0 aromatic heterocycles. The maximum Gasteiger partial charge on any atom is 0.154 e. The van der Waals surface area contributed by atoms with Crippen LogP contribution in [0.3, 0.4) is 0 Å². The van der Waals surface area contributed by atoms with Crippen LogP contribution in [-0.2, 0) is 6.42 Å². The molecule has 2 unspecified atom stereocenters. The van der Waals surface area contributed by atoms with Gasteiger partial charge >= 0.3 is 0 Å². The smallest absolute Gasteiger partial charge is 0.154 e. The standard InChI is InChI=1S/C23H34O4/c1-14-7-6-10-23(4,5)19(14)9-8-15(2)20(25)12-17-21(26)11-16(3)18(13-24)22(17)27/h11,13-14,19-20,25-27H,2,6-10,12H2,1,3-5H3/t14-,19?,20?/m0/s1. The zero-order valence-electron chi connectivity index (χ0n) is 17.1. The van der Waals surface area contributed by atoms with Crippen molar-refractivity contribution < 1.29 is 20.1 Å². The number of aryl methyl sites for hydroxylation is 1. The number of rotatable bonds is 7. The van der Waals surface area contributed by atoms with Gasteiger partial charge in [0.1, 0.15) is 11.5 Å². The lowest BCUT2D eigenvalue weighted by Crippen LogP contribution is -2.33. The zero-order chi connectivity index (χ0) is 20.4. The van der Waals surface area contributed by atoms with Crippen LogP contribution in [0, 0.1) is 24.2 Å². The summed E-state index contributed by atoms with van der Waals surface area (Å²) in [5.41, 5.74) is 1.86. The summed E-state index contributed by atoms with van der Waals surface area (Å²) in [6.07, 6.45) is 5.20. The van der Waals surface area contributed by atoms with Crippen LogP contribution in [0.15, 0.2) is 18.2 Å². The summed E-state index contributed by atoms with van der Waals surface area (Å²) < 4.78 is 0. The Morgan fingerprint density at radius 3 is 2.67 bits per heavy atom. The fourth-order valence-electron chi connectivity index (χ4n) is 4.75. The van der Waals surface area contributed by atoms with Crippen molar-refractivity contribution in [3.63, 3.8) is 0 Å². The summed E-state index contributed by atoms with van der Waals surface area (Å²) in [7, 11) is 0. The number of aliphatic hydroxyl groups excluding tert-OH is 1. The van der Waals surface area contributed by atoms with E-state index in [2.05, 4.69) is 27.4 Å². The summed E-state index contributed by atoms with van der Waals surface area (Å²) in [4.78, 5) is 11.2. The highest BCUT2D eigenvalue weighted by Gasteiger charge is 2.36. The molecule has 0 heterocycles. The minimum absolute atomic E-state index is 0.0429. The third-order valence-electron chi connectivity index (χ3n) is 6.56. The Morgan fingerprint density at radius 1 is 1.41 bits per heavy atom. The first-order valence-electron chi connectivity index (χ1n) is 9.93. The quantitative estimate of drug-likeness (QED) is 0.467. The third-order valence-corrected chi connectivity index (χ3v) is 6.56. The lowest BCUT2D eigenvalue weighted by molar-refractivity contribution is 0.0748. The van der Waals surface area contributed by atoms with E-state index in [1.165, 1.54) is 25.3 Å². The monoisotopic (exact) mass is 374 g/mol. The van der Waals surface area contributed by atoms with Gasteiger partial charge in [0.2, 0.25) is 0 Å². The van der Waals surface area contributed by atoms with Crippen LogP contribution in [-0.4, -0.2) is 27.7 Å². The molecule has 1 aromatic carbocycles. The van der Waals surface area contributed by atoms with E-state index in [9.17, 15) is 20.1 Å². The van der Waals surface area contributed by atoms with Crippen LogP contribution in [0.5, 0.6) is 11.5 Å². The van der Waals surface area contributed by atoms with E-state index < -0.39 is 6.10 Å². The summed E-state index contributed by atoms with van der Waals surface area (Å²) in [5.74, 6) is 0.901. The number of carbonyl (C=O) groups excluding carboxylic acids is 1. The molecule has 2 rings (SSSR count). The summed E-state index contributed by atoms with van der Waals surface area (Å²) in [5, 5.41) is 31.0. The minimum atomic E-state index is -0.869. The second kappa shape index (κ2) is 8.47. The molecule has 4 nitrogen and oxygen atoms in total. The van der Waals surface area contributed by atoms with Crippen molar-refractivity contribution in [2.45, 2.75) is 72.3 Å². The van der Waals surface area contributed by atoms with Gasteiger partial charge in [0.05, 0.1) is 11.7 Å². The van der Waals surface area contributed by atoms with Crippen LogP contribution in [0.1, 0.15) is 74.4 Å². The Kier molecular flexibility index (Phi) is 6.74. The Labute approximate surface area is 162 Å². The number of aromatic hydroxyl groups is 2. The predicted molar refractivity (Wildman–Crippen MR) is 108 cm³/mol. The van der Waals surface area contributed by atoms with Gasteiger partial charge in [0.15, 0.2) is 6.29 Å². The molecule has 0 bridgehead atoms. The van der Waals surface area contributed by atoms with E-state index in [1.54, 1.807) is 6.92 Å². The largest absolute Gasteiger partial charge is 0.508 e. The molecule has 0 saturated heterocycles. The second-order valence-corrected chi connectivity index (χ2v) is 8.95. The van der Waals surface area contributed by atoms with Gasteiger partial charge in [0.25, 0.3) is 0 Å². The summed E-state index contributed by atoms with van der Waals surface area (Å²) in [6, 6.07) is 1.44. The number of phenols is 2. The lowest BCUT2D eigenvalue weighted by atomic mass is 9.62. The van der Waals surface area contributed by atoms with E-state index in [1.807, 2.05) is 0 Å². The Morgan fingerprint density at radius 2 is 2.07 bits per heavy atom. The van der Waals surface area contributed by atoms with Crippen LogP contribution in [0.2, 0.25) is 0 Å². The molecule has 1 aliphatic rings. The van der Waals surface area contributed by atoms with Gasteiger partial charge in [-0.05, 0) is 60.6 Å². The highest BCUT2D eigenvalue weighted by atomic mass is 16.3. The van der Waals surface area contributed by atoms with Crippen LogP contribution in [0.25, 0.3) is 0 Å². The van der Waals surface area contributed by atoms with Gasteiger partial charge in [-0.3, -0.25) is 4.79 Å². The molecule has 0 spiro atoms. The molecule has 0 amide bonds. The third kappa shape index (κ3) is 4.73. The van der Waals surface area contributed by atoms with Gasteiger partial charge < -0.3 is 15.3 Å². The van der Waals surface area contributed by atoms with Gasteiger partial charge in [-0.1, -0.05) is 40.2 Å². The van der Waals surface area contributed by atoms with Crippen LogP contribution < -0.4 is 0 Å². The highest BCUT2D eigenvalue weighted by molar-refractivity contribution is 5.83. The molecule has 0 radical (unpaired) electrons. The molecule has 1 aliphatic carbocycles. The van der Waals surface area contributed by atoms with E-state index in [0.29, 0.717) is 41.1 Å². The van der Waals surface area contributed by atoms with Gasteiger partial charge in [-0.25, -0.2) is 0 Å². The molecule has 1 fully saturated rings. The number of hydrogen-bond donors (Lipinski definition) is 3. The first kappa shape index (κ1) is 21.5. The Bertz CT molecular complexity index is 705. The molecule has 3 atom stereocenters. The molecule has 0 aliphatic heterocycles. The van der Waals surface area contributed by atoms with E-state index >= 15 is 0 Å². The van der Waals surface area contributed by atoms with Crippen molar-refractivity contribution in [1.29, 1.82) is 0 Å². The average molecular weight is 375 g/mol. The van der Waals surface area contributed by atoms with E-state index in [-0.39, 0.29) is 29.0 Å². The summed E-state index contributed by atoms with van der Waals surface area (Å²) in [6.45, 7) is 12.7. The molecular formula is C23H34O4. The summed E-state index contributed by atoms with van der Waals surface area (Å²) >= 11 is 0. The zero-order valence-corrected chi connectivity index (χ0v) is 17.1. The lowest BCUT2D eigenvalue weighted by Gasteiger charge is -2.43. The first-order valence-corrected chi connectivity index (χ1v) is 9.93. The SMILES string of the molecule is C=C(CCC1[C@@H](C)CCCC1(C)C)C(O)Cc1c(O)cc(C)c(C=O)c1O. The van der Waals surface area contributed by atoms with Crippen molar-refractivity contribution in [1.82, 2.24) is 0 Å². The fraction of sp³-hybridized carbons (Fsp3) is 0.609. The van der Waals surface area contributed by atoms with Crippen molar-refractivity contribution in [2.24, 2.45) is 17.3 Å². The minimum Gasteiger partial charge on any atom is -0.508 e. The van der Waals surface area contributed by atoms with E-state index in [4.69, 9.17) is 0 Å². The van der Waals surface area contributed by atoms with Crippen molar-refractivity contribution in [3.8, 4) is 11.5 Å². The number of aldehydes is 1. The van der Waals surface area contributed by atoms with Gasteiger partial charge in [-0.2, -0.15) is 0 Å². The molecule has 1 saturated carbocycles. The van der Waals surface area contributed by atoms with Crippen LogP contribution >= 0.6 is 0 Å². The maximum absolute atomic E-state index is 11.2. The number of carbonyl (C=O) groups is 1. The molecule has 3 N–H and O–H groups in total. The second-order valence-electron chi connectivity index (χ2n) is 8.95. The number of aliphatic hydroxyl groups is 1. The van der Waals surface area contributed by atoms with Crippen LogP contribution in [0.4, 0.5) is 0 Å². The number of hydrogen-bond acceptors (Lipinski definition) is 4. The molecule has 150 valence electrons. The highest BCUT2D eigenvalue weighted by Crippen LogP contribution is 2.46. The Hall–Kier alpha value is -1.81. The predicted octanol–water partition coefficient (Wildman–Crippen LogP) is 4.92. The molecule has 4 heteroatoms. The van der Waals surface area contributed by atoms with Crippen molar-refractivity contribution in [3.05, 3.63) is 34.9 Å². The molecule has 27 heavy (non-hydrogen) atoms. The topological polar surface area (TPSA) is 77.8 Å². The normalized spacial score (nSPS) is 23.0. The molecule has 1 aromatic rings. The van der Waals surface area contributed by atoms with Gasteiger partial charge in [-0.15, -0.1) is 0 Å². The first-order chi connectivity index (χ1) is 12.6. The van der Waals surface area contributed by atoms with Crippen molar-refractivity contribution in [2.75, 3.05) is 0 Å².